The fourth-order valence-corrected chi connectivity index (χ4v) is 2.61. The van der Waals surface area contributed by atoms with Gasteiger partial charge in [0, 0.05) is 17.3 Å². The molecule has 1 heterocycles. The second-order valence-electron chi connectivity index (χ2n) is 5.71. The number of thioether (sulfide) groups is 1. The second-order valence-corrected chi connectivity index (χ2v) is 6.69. The lowest BCUT2D eigenvalue weighted by Gasteiger charge is -2.07. The summed E-state index contributed by atoms with van der Waals surface area (Å²) in [5.41, 5.74) is 1.02. The van der Waals surface area contributed by atoms with Crippen molar-refractivity contribution < 1.29 is 28.4 Å². The van der Waals surface area contributed by atoms with Gasteiger partial charge in [0.1, 0.15) is 5.76 Å². The number of carbonyl (C=O) groups is 4. The Labute approximate surface area is 165 Å². The molecule has 2 amide bonds. The molecule has 0 aliphatic heterocycles. The number of anilines is 2. The van der Waals surface area contributed by atoms with E-state index in [1.165, 1.54) is 6.92 Å². The zero-order chi connectivity index (χ0) is 20.5. The largest absolute Gasteiger partial charge is 0.455 e. The minimum absolute atomic E-state index is 0.0235. The van der Waals surface area contributed by atoms with Gasteiger partial charge in [-0.15, -0.1) is 11.8 Å². The van der Waals surface area contributed by atoms with Crippen LogP contribution in [0.3, 0.4) is 0 Å². The SMILES string of the molecule is CC(=O)c1ccc(NC(=O)COC(=O)CSCC(=O)Nc2cc(C)on2)cc1. The van der Waals surface area contributed by atoms with E-state index in [4.69, 9.17) is 9.26 Å². The van der Waals surface area contributed by atoms with E-state index < -0.39 is 18.5 Å². The molecule has 0 atom stereocenters. The Balaban J connectivity index is 1.62. The molecule has 10 heteroatoms. The summed E-state index contributed by atoms with van der Waals surface area (Å²) in [7, 11) is 0. The van der Waals surface area contributed by atoms with Crippen molar-refractivity contribution in [1.29, 1.82) is 0 Å². The average Bonchev–Trinajstić information content (AvgIpc) is 3.05. The van der Waals surface area contributed by atoms with Gasteiger partial charge in [-0.25, -0.2) is 0 Å². The van der Waals surface area contributed by atoms with Crippen LogP contribution in [0.2, 0.25) is 0 Å². The maximum Gasteiger partial charge on any atom is 0.316 e. The number of aryl methyl sites for hydroxylation is 1. The topological polar surface area (TPSA) is 128 Å². The van der Waals surface area contributed by atoms with E-state index in [1.54, 1.807) is 37.3 Å². The van der Waals surface area contributed by atoms with Crippen LogP contribution in [0.15, 0.2) is 34.9 Å². The molecule has 148 valence electrons. The number of ether oxygens (including phenoxy) is 1. The highest BCUT2D eigenvalue weighted by molar-refractivity contribution is 8.00. The molecule has 28 heavy (non-hydrogen) atoms. The van der Waals surface area contributed by atoms with Crippen LogP contribution >= 0.6 is 11.8 Å². The molecule has 0 saturated heterocycles. The first kappa shape index (κ1) is 21.2. The van der Waals surface area contributed by atoms with Gasteiger partial charge in [-0.1, -0.05) is 5.16 Å². The summed E-state index contributed by atoms with van der Waals surface area (Å²) in [5, 5.41) is 8.70. The third kappa shape index (κ3) is 7.23. The Morgan fingerprint density at radius 3 is 2.39 bits per heavy atom. The molecule has 0 fully saturated rings. The Kier molecular flexibility index (Phi) is 7.76. The highest BCUT2D eigenvalue weighted by Crippen LogP contribution is 2.10. The lowest BCUT2D eigenvalue weighted by Crippen LogP contribution is -2.22. The molecule has 2 aromatic rings. The molecule has 0 bridgehead atoms. The quantitative estimate of drug-likeness (QED) is 0.479. The smallest absolute Gasteiger partial charge is 0.316 e. The van der Waals surface area contributed by atoms with Crippen LogP contribution in [-0.2, 0) is 19.1 Å². The third-order valence-electron chi connectivity index (χ3n) is 3.29. The molecule has 0 saturated carbocycles. The molecule has 2 N–H and O–H groups in total. The van der Waals surface area contributed by atoms with Crippen LogP contribution in [0.25, 0.3) is 0 Å². The number of Topliss-reactive ketones (excluding diaryl/α,β-unsaturated/α-hetero) is 1. The second kappa shape index (κ2) is 10.3. The number of carbonyl (C=O) groups excluding carboxylic acids is 4. The van der Waals surface area contributed by atoms with Crippen molar-refractivity contribution >= 4 is 46.8 Å². The monoisotopic (exact) mass is 405 g/mol. The van der Waals surface area contributed by atoms with Gasteiger partial charge >= 0.3 is 5.97 Å². The molecule has 9 nitrogen and oxygen atoms in total. The van der Waals surface area contributed by atoms with Crippen LogP contribution in [0.1, 0.15) is 23.0 Å². The number of ketones is 1. The molecular weight excluding hydrogens is 386 g/mol. The Morgan fingerprint density at radius 1 is 1.07 bits per heavy atom. The number of nitrogens with one attached hydrogen (secondary N) is 2. The van der Waals surface area contributed by atoms with E-state index in [0.717, 1.165) is 11.8 Å². The highest BCUT2D eigenvalue weighted by atomic mass is 32.2. The van der Waals surface area contributed by atoms with Gasteiger partial charge < -0.3 is 19.9 Å². The van der Waals surface area contributed by atoms with E-state index >= 15 is 0 Å². The maximum atomic E-state index is 11.8. The summed E-state index contributed by atoms with van der Waals surface area (Å²) in [6.07, 6.45) is 0. The van der Waals surface area contributed by atoms with Gasteiger partial charge in [-0.05, 0) is 38.1 Å². The molecule has 0 unspecified atom stereocenters. The van der Waals surface area contributed by atoms with Crippen molar-refractivity contribution in [2.45, 2.75) is 13.8 Å². The van der Waals surface area contributed by atoms with Crippen LogP contribution in [0.4, 0.5) is 11.5 Å². The molecule has 0 radical (unpaired) electrons. The van der Waals surface area contributed by atoms with Crippen LogP contribution < -0.4 is 10.6 Å². The van der Waals surface area contributed by atoms with Gasteiger partial charge in [0.25, 0.3) is 5.91 Å². The number of benzene rings is 1. The first-order valence-corrected chi connectivity index (χ1v) is 9.36. The molecule has 0 aliphatic rings. The third-order valence-corrected chi connectivity index (χ3v) is 4.19. The standard InChI is InChI=1S/C18H19N3O6S/c1-11-7-15(21-27-11)20-17(24)9-28-10-18(25)26-8-16(23)19-14-5-3-13(4-6-14)12(2)22/h3-7H,8-10H2,1-2H3,(H,19,23)(H,20,21,24). The molecule has 1 aromatic heterocycles. The van der Waals surface area contributed by atoms with Crippen LogP contribution in [0.5, 0.6) is 0 Å². The number of hydrogen-bond acceptors (Lipinski definition) is 8. The van der Waals surface area contributed by atoms with Gasteiger partial charge in [-0.2, -0.15) is 0 Å². The number of nitrogens with zero attached hydrogens (tertiary/aromatic N) is 1. The van der Waals surface area contributed by atoms with Crippen molar-refractivity contribution in [3.63, 3.8) is 0 Å². The maximum absolute atomic E-state index is 11.8. The number of esters is 1. The van der Waals surface area contributed by atoms with Crippen molar-refractivity contribution in [3.05, 3.63) is 41.7 Å². The summed E-state index contributed by atoms with van der Waals surface area (Å²) < 4.78 is 9.68. The molecule has 0 aliphatic carbocycles. The zero-order valence-electron chi connectivity index (χ0n) is 15.3. The van der Waals surface area contributed by atoms with Gasteiger partial charge in [0.15, 0.2) is 18.2 Å². The molecule has 1 aromatic carbocycles. The fraction of sp³-hybridized carbons (Fsp3) is 0.278. The Bertz CT molecular complexity index is 862. The highest BCUT2D eigenvalue weighted by Gasteiger charge is 2.11. The summed E-state index contributed by atoms with van der Waals surface area (Å²) in [6.45, 7) is 2.70. The van der Waals surface area contributed by atoms with Crippen LogP contribution in [-0.4, -0.2) is 46.8 Å². The summed E-state index contributed by atoms with van der Waals surface area (Å²) in [5.74, 6) is -0.711. The number of hydrogen-bond donors (Lipinski definition) is 2. The van der Waals surface area contributed by atoms with Crippen molar-refractivity contribution in [2.24, 2.45) is 0 Å². The number of amides is 2. The van der Waals surface area contributed by atoms with Gasteiger partial charge in [0.2, 0.25) is 5.91 Å². The Morgan fingerprint density at radius 2 is 1.79 bits per heavy atom. The molecule has 0 spiro atoms. The van der Waals surface area contributed by atoms with Crippen LogP contribution in [0, 0.1) is 6.92 Å². The van der Waals surface area contributed by atoms with E-state index in [2.05, 4.69) is 15.8 Å². The summed E-state index contributed by atoms with van der Waals surface area (Å²) >= 11 is 1.05. The summed E-state index contributed by atoms with van der Waals surface area (Å²) in [6, 6.07) is 7.92. The van der Waals surface area contributed by atoms with Gasteiger partial charge in [0.05, 0.1) is 11.5 Å². The predicted octanol–water partition coefficient (Wildman–Crippen LogP) is 2.04. The van der Waals surface area contributed by atoms with E-state index in [-0.39, 0.29) is 23.2 Å². The Hall–Kier alpha value is -3.14. The first-order chi connectivity index (χ1) is 13.3. The van der Waals surface area contributed by atoms with E-state index in [0.29, 0.717) is 22.8 Å². The average molecular weight is 405 g/mol. The van der Waals surface area contributed by atoms with Gasteiger partial charge in [-0.3, -0.25) is 19.2 Å². The lowest BCUT2D eigenvalue weighted by atomic mass is 10.1. The van der Waals surface area contributed by atoms with Crippen molar-refractivity contribution in [3.8, 4) is 0 Å². The minimum Gasteiger partial charge on any atom is -0.455 e. The number of rotatable bonds is 9. The van der Waals surface area contributed by atoms with Crippen molar-refractivity contribution in [1.82, 2.24) is 5.16 Å². The van der Waals surface area contributed by atoms with Crippen molar-refractivity contribution in [2.75, 3.05) is 28.7 Å². The first-order valence-electron chi connectivity index (χ1n) is 8.21. The zero-order valence-corrected chi connectivity index (χ0v) is 16.1. The summed E-state index contributed by atoms with van der Waals surface area (Å²) in [4.78, 5) is 46.3. The fourth-order valence-electron chi connectivity index (χ4n) is 2.00. The lowest BCUT2D eigenvalue weighted by molar-refractivity contribution is -0.144. The number of aromatic nitrogens is 1. The van der Waals surface area contributed by atoms with E-state index in [9.17, 15) is 19.2 Å². The predicted molar refractivity (Wildman–Crippen MR) is 103 cm³/mol. The molecular formula is C18H19N3O6S. The molecule has 2 rings (SSSR count). The normalized spacial score (nSPS) is 10.2. The van der Waals surface area contributed by atoms with E-state index in [1.807, 2.05) is 0 Å². The minimum atomic E-state index is -0.614.